The first-order valence-electron chi connectivity index (χ1n) is 7.12. The van der Waals surface area contributed by atoms with Gasteiger partial charge in [0, 0.05) is 18.2 Å². The number of aryl methyl sites for hydroxylation is 1. The van der Waals surface area contributed by atoms with Gasteiger partial charge in [0.2, 0.25) is 0 Å². The molecule has 108 valence electrons. The summed E-state index contributed by atoms with van der Waals surface area (Å²) in [6.45, 7) is 10.1. The topological polar surface area (TPSA) is 39.1 Å². The van der Waals surface area contributed by atoms with Gasteiger partial charge >= 0.3 is 0 Å². The number of rotatable bonds is 6. The van der Waals surface area contributed by atoms with Crippen LogP contribution in [0.3, 0.4) is 0 Å². The van der Waals surface area contributed by atoms with E-state index in [2.05, 4.69) is 50.2 Å². The minimum Gasteiger partial charge on any atom is -0.454 e. The van der Waals surface area contributed by atoms with Crippen molar-refractivity contribution >= 4 is 0 Å². The molecule has 20 heavy (non-hydrogen) atoms. The minimum atomic E-state index is 0.339. The van der Waals surface area contributed by atoms with Gasteiger partial charge in [-0.1, -0.05) is 24.6 Å². The fourth-order valence-electron chi connectivity index (χ4n) is 1.99. The fraction of sp³-hybridized carbons (Fsp3) is 0.438. The average Bonchev–Trinajstić information content (AvgIpc) is 2.88. The molecule has 1 heterocycles. The van der Waals surface area contributed by atoms with Crippen LogP contribution in [0, 0.1) is 6.92 Å². The van der Waals surface area contributed by atoms with E-state index >= 15 is 0 Å². The number of ether oxygens (including phenoxy) is 1. The van der Waals surface area contributed by atoms with Crippen LogP contribution >= 0.6 is 0 Å². The van der Waals surface area contributed by atoms with E-state index in [4.69, 9.17) is 4.74 Å². The lowest BCUT2D eigenvalue weighted by molar-refractivity contribution is 0.468. The maximum absolute atomic E-state index is 5.97. The Hall–Kier alpha value is -1.81. The third kappa shape index (κ3) is 3.61. The first-order chi connectivity index (χ1) is 9.60. The van der Waals surface area contributed by atoms with E-state index in [1.54, 1.807) is 6.20 Å². The summed E-state index contributed by atoms with van der Waals surface area (Å²) in [5, 5.41) is 7.64. The lowest BCUT2D eigenvalue weighted by Gasteiger charge is -2.11. The number of hydrogen-bond acceptors (Lipinski definition) is 3. The molecule has 0 spiro atoms. The normalized spacial score (nSPS) is 11.1. The third-order valence-electron chi connectivity index (χ3n) is 3.12. The predicted molar refractivity (Wildman–Crippen MR) is 81.2 cm³/mol. The van der Waals surface area contributed by atoms with Gasteiger partial charge in [0.1, 0.15) is 5.75 Å². The second-order valence-corrected chi connectivity index (χ2v) is 5.24. The third-order valence-corrected chi connectivity index (χ3v) is 3.12. The van der Waals surface area contributed by atoms with Crippen LogP contribution in [0.1, 0.15) is 37.9 Å². The molecule has 4 heteroatoms. The van der Waals surface area contributed by atoms with Gasteiger partial charge in [-0.25, -0.2) is 0 Å². The van der Waals surface area contributed by atoms with Crippen molar-refractivity contribution < 1.29 is 4.74 Å². The standard InChI is InChI=1S/C16H23N3O/c1-5-17-9-14-8-13(4)6-7-16(14)20-15-10-18-19(11-15)12(2)3/h6-8,10-12,17H,5,9H2,1-4H3. The average molecular weight is 273 g/mol. The number of hydrogen-bond donors (Lipinski definition) is 1. The zero-order valence-electron chi connectivity index (χ0n) is 12.7. The van der Waals surface area contributed by atoms with Crippen molar-refractivity contribution in [2.24, 2.45) is 0 Å². The summed E-state index contributed by atoms with van der Waals surface area (Å²) in [6, 6.07) is 6.59. The van der Waals surface area contributed by atoms with E-state index in [0.717, 1.165) is 24.6 Å². The summed E-state index contributed by atoms with van der Waals surface area (Å²) in [7, 11) is 0. The molecule has 1 aromatic heterocycles. The molecular formula is C16H23N3O. The lowest BCUT2D eigenvalue weighted by Crippen LogP contribution is -2.12. The van der Waals surface area contributed by atoms with Crippen molar-refractivity contribution in [3.8, 4) is 11.5 Å². The van der Waals surface area contributed by atoms with Crippen molar-refractivity contribution in [1.29, 1.82) is 0 Å². The van der Waals surface area contributed by atoms with Crippen LogP contribution in [0.2, 0.25) is 0 Å². The summed E-state index contributed by atoms with van der Waals surface area (Å²) in [5.41, 5.74) is 2.41. The van der Waals surface area contributed by atoms with E-state index in [1.165, 1.54) is 11.1 Å². The summed E-state index contributed by atoms with van der Waals surface area (Å²) in [6.07, 6.45) is 3.69. The molecule has 0 aliphatic heterocycles. The highest BCUT2D eigenvalue weighted by Crippen LogP contribution is 2.26. The Morgan fingerprint density at radius 1 is 1.35 bits per heavy atom. The summed E-state index contributed by atoms with van der Waals surface area (Å²) in [4.78, 5) is 0. The van der Waals surface area contributed by atoms with Gasteiger partial charge in [0.05, 0.1) is 12.4 Å². The molecule has 2 aromatic rings. The Balaban J connectivity index is 2.18. The Kier molecular flexibility index (Phi) is 4.79. The predicted octanol–water partition coefficient (Wildman–Crippen LogP) is 3.67. The van der Waals surface area contributed by atoms with Gasteiger partial charge in [0.25, 0.3) is 0 Å². The summed E-state index contributed by atoms with van der Waals surface area (Å²) in [5.74, 6) is 1.67. The first kappa shape index (κ1) is 14.6. The zero-order chi connectivity index (χ0) is 14.5. The van der Waals surface area contributed by atoms with Crippen molar-refractivity contribution in [2.75, 3.05) is 6.54 Å². The van der Waals surface area contributed by atoms with Gasteiger partial charge < -0.3 is 10.1 Å². The number of aromatic nitrogens is 2. The molecule has 0 unspecified atom stereocenters. The van der Waals surface area contributed by atoms with Crippen LogP contribution in [-0.4, -0.2) is 16.3 Å². The molecule has 0 fully saturated rings. The van der Waals surface area contributed by atoms with Crippen LogP contribution in [0.5, 0.6) is 11.5 Å². The molecule has 1 aromatic carbocycles. The van der Waals surface area contributed by atoms with E-state index in [-0.39, 0.29) is 0 Å². The molecule has 1 N–H and O–H groups in total. The highest BCUT2D eigenvalue weighted by molar-refractivity contribution is 5.39. The Bertz CT molecular complexity index is 561. The number of benzene rings is 1. The Morgan fingerprint density at radius 2 is 2.15 bits per heavy atom. The molecule has 0 amide bonds. The van der Waals surface area contributed by atoms with Gasteiger partial charge in [-0.2, -0.15) is 5.10 Å². The molecule has 0 saturated carbocycles. The molecule has 0 atom stereocenters. The van der Waals surface area contributed by atoms with Crippen LogP contribution in [0.25, 0.3) is 0 Å². The highest BCUT2D eigenvalue weighted by atomic mass is 16.5. The minimum absolute atomic E-state index is 0.339. The van der Waals surface area contributed by atoms with Crippen molar-refractivity contribution in [2.45, 2.75) is 40.3 Å². The zero-order valence-corrected chi connectivity index (χ0v) is 12.7. The van der Waals surface area contributed by atoms with Crippen LogP contribution in [-0.2, 0) is 6.54 Å². The maximum Gasteiger partial charge on any atom is 0.165 e. The second kappa shape index (κ2) is 6.57. The van der Waals surface area contributed by atoms with Gasteiger partial charge in [-0.05, 0) is 33.4 Å². The summed E-state index contributed by atoms with van der Waals surface area (Å²) >= 11 is 0. The largest absolute Gasteiger partial charge is 0.454 e. The van der Waals surface area contributed by atoms with E-state index in [0.29, 0.717) is 6.04 Å². The van der Waals surface area contributed by atoms with E-state index in [9.17, 15) is 0 Å². The SMILES string of the molecule is CCNCc1cc(C)ccc1Oc1cnn(C(C)C)c1. The van der Waals surface area contributed by atoms with Crippen molar-refractivity contribution in [3.63, 3.8) is 0 Å². The number of nitrogens with one attached hydrogen (secondary N) is 1. The monoisotopic (exact) mass is 273 g/mol. The van der Waals surface area contributed by atoms with Crippen molar-refractivity contribution in [3.05, 3.63) is 41.7 Å². The van der Waals surface area contributed by atoms with Gasteiger partial charge in [-0.15, -0.1) is 0 Å². The van der Waals surface area contributed by atoms with Crippen molar-refractivity contribution in [1.82, 2.24) is 15.1 Å². The molecule has 0 aliphatic rings. The second-order valence-electron chi connectivity index (χ2n) is 5.24. The van der Waals surface area contributed by atoms with Gasteiger partial charge in [0.15, 0.2) is 5.75 Å². The fourth-order valence-corrected chi connectivity index (χ4v) is 1.99. The lowest BCUT2D eigenvalue weighted by atomic mass is 10.1. The van der Waals surface area contributed by atoms with Crippen LogP contribution < -0.4 is 10.1 Å². The molecule has 0 aliphatic carbocycles. The molecule has 0 radical (unpaired) electrons. The first-order valence-corrected chi connectivity index (χ1v) is 7.12. The molecule has 0 saturated heterocycles. The van der Waals surface area contributed by atoms with E-state index in [1.807, 2.05) is 16.9 Å². The molecule has 4 nitrogen and oxygen atoms in total. The molecular weight excluding hydrogens is 250 g/mol. The van der Waals surface area contributed by atoms with E-state index < -0.39 is 0 Å². The molecule has 2 rings (SSSR count). The Morgan fingerprint density at radius 3 is 2.80 bits per heavy atom. The highest BCUT2D eigenvalue weighted by Gasteiger charge is 2.08. The van der Waals surface area contributed by atoms with Crippen LogP contribution in [0.4, 0.5) is 0 Å². The smallest absolute Gasteiger partial charge is 0.165 e. The van der Waals surface area contributed by atoms with Gasteiger partial charge in [-0.3, -0.25) is 4.68 Å². The summed E-state index contributed by atoms with van der Waals surface area (Å²) < 4.78 is 7.87. The quantitative estimate of drug-likeness (QED) is 0.872. The molecule has 0 bridgehead atoms. The number of nitrogens with zero attached hydrogens (tertiary/aromatic N) is 2. The Labute approximate surface area is 120 Å². The maximum atomic E-state index is 5.97. The van der Waals surface area contributed by atoms with Crippen LogP contribution in [0.15, 0.2) is 30.6 Å².